The Labute approximate surface area is 175 Å². The molecule has 5 N–H and O–H groups in total. The Hall–Kier alpha value is -1.64. The zero-order valence-electron chi connectivity index (χ0n) is 17.0. The molecule has 0 aliphatic carbocycles. The van der Waals surface area contributed by atoms with E-state index < -0.39 is 10.0 Å². The zero-order valence-corrected chi connectivity index (χ0v) is 18.7. The average Bonchev–Trinajstić information content (AvgIpc) is 3.10. The monoisotopic (exact) mass is 453 g/mol. The molecule has 0 spiro atoms. The Morgan fingerprint density at radius 2 is 1.62 bits per heavy atom. The van der Waals surface area contributed by atoms with Gasteiger partial charge in [-0.1, -0.05) is 0 Å². The summed E-state index contributed by atoms with van der Waals surface area (Å²) >= 11 is 1.08. The number of ether oxygens (including phenoxy) is 2. The normalized spacial score (nSPS) is 10.8. The van der Waals surface area contributed by atoms with E-state index in [0.717, 1.165) is 11.3 Å². The van der Waals surface area contributed by atoms with Crippen LogP contribution in [0.15, 0.2) is 9.72 Å². The first-order chi connectivity index (χ1) is 13.8. The summed E-state index contributed by atoms with van der Waals surface area (Å²) in [6.45, 7) is 8.02. The molecule has 0 fully saturated rings. The second-order valence-corrected chi connectivity index (χ2v) is 8.20. The van der Waals surface area contributed by atoms with Crippen molar-refractivity contribution < 1.29 is 27.5 Å². The third-order valence-corrected chi connectivity index (χ3v) is 5.73. The second-order valence-electron chi connectivity index (χ2n) is 5.40. The van der Waals surface area contributed by atoms with E-state index in [4.69, 9.17) is 10.5 Å². The van der Waals surface area contributed by atoms with Crippen LogP contribution < -0.4 is 21.1 Å². The summed E-state index contributed by atoms with van der Waals surface area (Å²) in [6, 6.07) is 0. The highest BCUT2D eigenvalue weighted by Crippen LogP contribution is 2.14. The van der Waals surface area contributed by atoms with Crippen molar-refractivity contribution in [3.63, 3.8) is 0 Å². The van der Waals surface area contributed by atoms with Gasteiger partial charge in [0.15, 0.2) is 0 Å². The lowest BCUT2D eigenvalue weighted by atomic mass is 10.6. The van der Waals surface area contributed by atoms with Gasteiger partial charge in [0.2, 0.25) is 4.34 Å². The van der Waals surface area contributed by atoms with Crippen molar-refractivity contribution >= 4 is 33.3 Å². The Bertz CT molecular complexity index is 696. The highest BCUT2D eigenvalue weighted by atomic mass is 32.2. The minimum absolute atomic E-state index is 0.0513. The lowest BCUT2D eigenvalue weighted by Crippen LogP contribution is -2.34. The number of carbonyl (C=O) groups is 2. The first-order valence-corrected chi connectivity index (χ1v) is 11.5. The van der Waals surface area contributed by atoms with Gasteiger partial charge in [-0.05, 0) is 20.8 Å². The molecule has 0 unspecified atom stereocenters. The Morgan fingerprint density at radius 1 is 1.07 bits per heavy atom. The van der Waals surface area contributed by atoms with Crippen LogP contribution in [-0.4, -0.2) is 77.8 Å². The smallest absolute Gasteiger partial charge is 0.319 e. The van der Waals surface area contributed by atoms with Crippen molar-refractivity contribution in [2.24, 2.45) is 5.73 Å². The molecule has 1 heterocycles. The molecule has 0 aliphatic heterocycles. The number of thiazole rings is 1. The summed E-state index contributed by atoms with van der Waals surface area (Å²) in [4.78, 5) is 25.5. The molecule has 0 atom stereocenters. The van der Waals surface area contributed by atoms with Gasteiger partial charge in [0.05, 0.1) is 26.3 Å². The van der Waals surface area contributed by atoms with Crippen molar-refractivity contribution in [1.82, 2.24) is 20.3 Å². The molecule has 0 aliphatic rings. The number of hydrogen-bond acceptors (Lipinski definition) is 11. The molecule has 0 saturated carbocycles. The van der Waals surface area contributed by atoms with Gasteiger partial charge in [-0.2, -0.15) is 0 Å². The summed E-state index contributed by atoms with van der Waals surface area (Å²) in [5.41, 5.74) is 5.85. The van der Waals surface area contributed by atoms with Gasteiger partial charge in [-0.25, -0.2) is 18.1 Å². The number of hydrogen-bond donors (Lipinski definition) is 4. The maximum atomic E-state index is 11.8. The van der Waals surface area contributed by atoms with Crippen LogP contribution >= 0.6 is 11.3 Å². The first-order valence-electron chi connectivity index (χ1n) is 9.11. The molecular weight excluding hydrogens is 422 g/mol. The second kappa shape index (κ2) is 16.2. The van der Waals surface area contributed by atoms with Crippen LogP contribution in [0, 0.1) is 6.92 Å². The summed E-state index contributed by atoms with van der Waals surface area (Å²) in [5, 5.41) is 7.27. The topological polar surface area (TPSA) is 162 Å². The van der Waals surface area contributed by atoms with Crippen LogP contribution in [0.1, 0.15) is 19.5 Å². The molecule has 1 rings (SSSR count). The van der Waals surface area contributed by atoms with E-state index in [-0.39, 0.29) is 35.9 Å². The molecule has 0 saturated heterocycles. The van der Waals surface area contributed by atoms with Crippen molar-refractivity contribution in [2.75, 3.05) is 52.5 Å². The number of carbonyl (C=O) groups excluding carboxylic acids is 2. The van der Waals surface area contributed by atoms with Crippen LogP contribution in [0.25, 0.3) is 0 Å². The molecule has 1 aromatic rings. The number of rotatable bonds is 13. The molecule has 0 amide bonds. The number of aromatic nitrogens is 1. The van der Waals surface area contributed by atoms with Crippen molar-refractivity contribution in [3.05, 3.63) is 11.1 Å². The fraction of sp³-hybridized carbons (Fsp3) is 0.688. The standard InChI is InChI=1S/C10H17N3O4S2.C6H14N2O2/c1-3-17-9(14)6-11-4-5-12-19(15,16)10-13-8(2)7-18-10;1-2-10-6(9)5-8-4-3-7/h7,11-12H,3-6H2,1-2H3;8H,2-5,7H2,1H3. The van der Waals surface area contributed by atoms with E-state index in [9.17, 15) is 18.0 Å². The van der Waals surface area contributed by atoms with E-state index in [1.165, 1.54) is 0 Å². The minimum Gasteiger partial charge on any atom is -0.465 e. The molecular formula is C16H31N5O6S2. The van der Waals surface area contributed by atoms with Gasteiger partial charge in [0.25, 0.3) is 10.0 Å². The van der Waals surface area contributed by atoms with Gasteiger partial charge in [0, 0.05) is 37.3 Å². The van der Waals surface area contributed by atoms with Crippen molar-refractivity contribution in [3.8, 4) is 0 Å². The quantitative estimate of drug-likeness (QED) is 0.215. The van der Waals surface area contributed by atoms with Crippen molar-refractivity contribution in [2.45, 2.75) is 25.1 Å². The number of nitrogens with one attached hydrogen (secondary N) is 3. The maximum absolute atomic E-state index is 11.8. The highest BCUT2D eigenvalue weighted by molar-refractivity contribution is 7.91. The fourth-order valence-electron chi connectivity index (χ4n) is 1.70. The predicted molar refractivity (Wildman–Crippen MR) is 110 cm³/mol. The fourth-order valence-corrected chi connectivity index (χ4v) is 3.81. The van der Waals surface area contributed by atoms with E-state index in [0.29, 0.717) is 38.5 Å². The lowest BCUT2D eigenvalue weighted by molar-refractivity contribution is -0.142. The van der Waals surface area contributed by atoms with Gasteiger partial charge >= 0.3 is 11.9 Å². The molecule has 13 heteroatoms. The van der Waals surface area contributed by atoms with Crippen LogP contribution in [0.5, 0.6) is 0 Å². The molecule has 29 heavy (non-hydrogen) atoms. The third-order valence-electron chi connectivity index (χ3n) is 2.89. The summed E-state index contributed by atoms with van der Waals surface area (Å²) in [5.74, 6) is -0.586. The Balaban J connectivity index is 0.000000665. The first kappa shape index (κ1) is 27.4. The molecule has 11 nitrogen and oxygen atoms in total. The number of aryl methyl sites for hydroxylation is 1. The van der Waals surface area contributed by atoms with Gasteiger partial charge < -0.3 is 25.8 Å². The molecule has 168 valence electrons. The summed E-state index contributed by atoms with van der Waals surface area (Å²) < 4.78 is 35.3. The SMILES string of the molecule is CCOC(=O)CNCCN.CCOC(=O)CNCCNS(=O)(=O)c1nc(C)cs1. The summed E-state index contributed by atoms with van der Waals surface area (Å²) in [6.07, 6.45) is 0. The van der Waals surface area contributed by atoms with E-state index in [1.807, 2.05) is 0 Å². The average molecular weight is 454 g/mol. The Kier molecular flexibility index (Phi) is 15.3. The van der Waals surface area contributed by atoms with Crippen molar-refractivity contribution in [1.29, 1.82) is 0 Å². The van der Waals surface area contributed by atoms with E-state index >= 15 is 0 Å². The molecule has 0 bridgehead atoms. The number of nitrogens with zero attached hydrogens (tertiary/aromatic N) is 1. The van der Waals surface area contributed by atoms with Gasteiger partial charge in [-0.15, -0.1) is 11.3 Å². The zero-order chi connectivity index (χ0) is 22.1. The maximum Gasteiger partial charge on any atom is 0.319 e. The third kappa shape index (κ3) is 14.1. The number of sulfonamides is 1. The van der Waals surface area contributed by atoms with Gasteiger partial charge in [0.1, 0.15) is 0 Å². The minimum atomic E-state index is -3.55. The summed E-state index contributed by atoms with van der Waals surface area (Å²) in [7, 11) is -3.55. The Morgan fingerprint density at radius 3 is 2.07 bits per heavy atom. The van der Waals surface area contributed by atoms with Crippen LogP contribution in [0.3, 0.4) is 0 Å². The molecule has 0 radical (unpaired) electrons. The molecule has 1 aromatic heterocycles. The van der Waals surface area contributed by atoms with Gasteiger partial charge in [-0.3, -0.25) is 9.59 Å². The highest BCUT2D eigenvalue weighted by Gasteiger charge is 2.17. The van der Waals surface area contributed by atoms with Crippen LogP contribution in [0.4, 0.5) is 0 Å². The van der Waals surface area contributed by atoms with E-state index in [2.05, 4.69) is 25.1 Å². The largest absolute Gasteiger partial charge is 0.465 e. The van der Waals surface area contributed by atoms with Crippen LogP contribution in [-0.2, 0) is 29.1 Å². The number of esters is 2. The lowest BCUT2D eigenvalue weighted by Gasteiger charge is -2.05. The molecule has 0 aromatic carbocycles. The number of nitrogens with two attached hydrogens (primary N) is 1. The van der Waals surface area contributed by atoms with Crippen LogP contribution in [0.2, 0.25) is 0 Å². The van der Waals surface area contributed by atoms with E-state index in [1.54, 1.807) is 26.2 Å². The predicted octanol–water partition coefficient (Wildman–Crippen LogP) is -1.02.